The Morgan fingerprint density at radius 2 is 1.36 bits per heavy atom. The number of carbonyl (C=O) groups is 2. The molecule has 1 heterocycles. The molecule has 0 unspecified atom stereocenters. The molecule has 8 heteroatoms. The number of hydrogen-bond donors (Lipinski definition) is 0. The van der Waals surface area contributed by atoms with Crippen LogP contribution in [0.15, 0.2) is 112 Å². The first-order chi connectivity index (χ1) is 18.9. The first-order valence-corrected chi connectivity index (χ1v) is 12.0. The number of anilines is 2. The Bertz CT molecular complexity index is 1660. The first kappa shape index (κ1) is 25.3. The van der Waals surface area contributed by atoms with E-state index >= 15 is 0 Å². The van der Waals surface area contributed by atoms with Gasteiger partial charge in [-0.3, -0.25) is 4.79 Å². The number of benzene rings is 4. The van der Waals surface area contributed by atoms with E-state index in [-0.39, 0.29) is 33.7 Å². The zero-order chi connectivity index (χ0) is 27.4. The monoisotopic (exact) mass is 521 g/mol. The zero-order valence-corrected chi connectivity index (χ0v) is 21.1. The van der Waals surface area contributed by atoms with Crippen molar-refractivity contribution in [2.45, 2.75) is 6.92 Å². The van der Waals surface area contributed by atoms with Gasteiger partial charge in [0.1, 0.15) is 22.8 Å². The van der Waals surface area contributed by atoms with Gasteiger partial charge >= 0.3 is 12.1 Å². The lowest BCUT2D eigenvalue weighted by molar-refractivity contribution is 0.0600. The van der Waals surface area contributed by atoms with Gasteiger partial charge in [-0.1, -0.05) is 36.4 Å². The van der Waals surface area contributed by atoms with Crippen LogP contribution in [0, 0.1) is 6.92 Å². The molecule has 0 radical (unpaired) electrons. The van der Waals surface area contributed by atoms with Gasteiger partial charge in [-0.15, -0.1) is 0 Å². The van der Waals surface area contributed by atoms with Crippen LogP contribution >= 0.6 is 0 Å². The lowest BCUT2D eigenvalue weighted by Crippen LogP contribution is -2.29. The predicted molar refractivity (Wildman–Crippen MR) is 146 cm³/mol. The van der Waals surface area contributed by atoms with E-state index in [1.165, 1.54) is 42.3 Å². The second-order valence-electron chi connectivity index (χ2n) is 8.47. The van der Waals surface area contributed by atoms with Crippen molar-refractivity contribution in [2.24, 2.45) is 0 Å². The van der Waals surface area contributed by atoms with Crippen molar-refractivity contribution >= 4 is 34.4 Å². The number of fused-ring (bicyclic) bond motifs is 1. The highest BCUT2D eigenvalue weighted by atomic mass is 16.6. The summed E-state index contributed by atoms with van der Waals surface area (Å²) in [6, 6.07) is 29.0. The molecule has 0 atom stereocenters. The summed E-state index contributed by atoms with van der Waals surface area (Å²) in [5.41, 5.74) is 1.48. The van der Waals surface area contributed by atoms with Gasteiger partial charge in [0.15, 0.2) is 0 Å². The predicted octanol–water partition coefficient (Wildman–Crippen LogP) is 7.02. The first-order valence-electron chi connectivity index (χ1n) is 12.0. The SMILES string of the molecule is COC(=O)c1ccc(Oc2c(C)oc3cc(OC(=O)N(c4ccccc4)c4ccccc4)ccc3c2=O)cc1. The summed E-state index contributed by atoms with van der Waals surface area (Å²) in [5.74, 6) is 0.333. The summed E-state index contributed by atoms with van der Waals surface area (Å²) in [6.45, 7) is 1.60. The molecule has 0 bridgehead atoms. The number of aryl methyl sites for hydroxylation is 1. The van der Waals surface area contributed by atoms with Gasteiger partial charge in [0.25, 0.3) is 0 Å². The molecule has 0 fully saturated rings. The lowest BCUT2D eigenvalue weighted by atomic mass is 10.2. The van der Waals surface area contributed by atoms with Gasteiger partial charge in [-0.2, -0.15) is 0 Å². The Balaban J connectivity index is 1.42. The summed E-state index contributed by atoms with van der Waals surface area (Å²) < 4.78 is 22.1. The minimum Gasteiger partial charge on any atom is -0.465 e. The van der Waals surface area contributed by atoms with Crippen LogP contribution in [0.5, 0.6) is 17.2 Å². The molecule has 4 aromatic carbocycles. The third-order valence-electron chi connectivity index (χ3n) is 5.90. The molecule has 5 aromatic rings. The lowest BCUT2D eigenvalue weighted by Gasteiger charge is -2.22. The maximum absolute atomic E-state index is 13.3. The van der Waals surface area contributed by atoms with Crippen molar-refractivity contribution in [1.29, 1.82) is 0 Å². The molecule has 5 rings (SSSR count). The van der Waals surface area contributed by atoms with Crippen LogP contribution in [0.2, 0.25) is 0 Å². The van der Waals surface area contributed by atoms with Gasteiger partial charge in [0.2, 0.25) is 11.2 Å². The number of nitrogens with zero attached hydrogens (tertiary/aromatic N) is 1. The van der Waals surface area contributed by atoms with Crippen LogP contribution in [-0.4, -0.2) is 19.2 Å². The van der Waals surface area contributed by atoms with Gasteiger partial charge in [0.05, 0.1) is 29.4 Å². The molecule has 0 spiro atoms. The van der Waals surface area contributed by atoms with Crippen LogP contribution < -0.4 is 19.8 Å². The Kier molecular flexibility index (Phi) is 7.09. The molecule has 194 valence electrons. The molecule has 1 aromatic heterocycles. The third-order valence-corrected chi connectivity index (χ3v) is 5.90. The van der Waals surface area contributed by atoms with E-state index in [4.69, 9.17) is 18.6 Å². The zero-order valence-electron chi connectivity index (χ0n) is 21.1. The molecule has 0 saturated carbocycles. The second-order valence-corrected chi connectivity index (χ2v) is 8.47. The quantitative estimate of drug-likeness (QED) is 0.222. The number of hydrogen-bond acceptors (Lipinski definition) is 7. The van der Waals surface area contributed by atoms with E-state index in [9.17, 15) is 14.4 Å². The summed E-state index contributed by atoms with van der Waals surface area (Å²) >= 11 is 0. The standard InChI is InChI=1S/C31H23NO7/c1-20-29(38-24-15-13-21(14-16-24)30(34)36-2)28(33)26-18-17-25(19-27(26)37-20)39-31(35)32(22-9-5-3-6-10-22)23-11-7-4-8-12-23/h3-19H,1-2H3. The number of rotatable bonds is 6. The maximum atomic E-state index is 13.3. The van der Waals surface area contributed by atoms with Crippen LogP contribution in [0.3, 0.4) is 0 Å². The molecule has 0 aliphatic heterocycles. The number of para-hydroxylation sites is 2. The van der Waals surface area contributed by atoms with E-state index < -0.39 is 12.1 Å². The van der Waals surface area contributed by atoms with Crippen LogP contribution in [0.1, 0.15) is 16.1 Å². The number of methoxy groups -OCH3 is 1. The molecule has 0 saturated heterocycles. The Morgan fingerprint density at radius 3 is 1.95 bits per heavy atom. The van der Waals surface area contributed by atoms with Gasteiger partial charge in [0, 0.05) is 6.07 Å². The maximum Gasteiger partial charge on any atom is 0.424 e. The Labute approximate surface area is 223 Å². The van der Waals surface area contributed by atoms with Crippen molar-refractivity contribution in [3.8, 4) is 17.2 Å². The minimum atomic E-state index is -0.624. The van der Waals surface area contributed by atoms with Gasteiger partial charge in [-0.05, 0) is 67.6 Å². The number of esters is 1. The van der Waals surface area contributed by atoms with Gasteiger partial charge < -0.3 is 18.6 Å². The van der Waals surface area contributed by atoms with Crippen molar-refractivity contribution < 1.29 is 28.2 Å². The largest absolute Gasteiger partial charge is 0.465 e. The van der Waals surface area contributed by atoms with Crippen molar-refractivity contribution in [3.05, 3.63) is 125 Å². The van der Waals surface area contributed by atoms with E-state index in [1.54, 1.807) is 19.1 Å². The second kappa shape index (κ2) is 10.9. The van der Waals surface area contributed by atoms with E-state index in [0.717, 1.165) is 0 Å². The molecular weight excluding hydrogens is 498 g/mol. The summed E-state index contributed by atoms with van der Waals surface area (Å²) in [5, 5.41) is 0.254. The van der Waals surface area contributed by atoms with Crippen molar-refractivity contribution in [3.63, 3.8) is 0 Å². The molecular formula is C31H23NO7. The highest BCUT2D eigenvalue weighted by Crippen LogP contribution is 2.30. The topological polar surface area (TPSA) is 95.3 Å². The molecule has 0 N–H and O–H groups in total. The minimum absolute atomic E-state index is 0.0115. The molecule has 1 amide bonds. The number of amides is 1. The summed E-state index contributed by atoms with van der Waals surface area (Å²) in [4.78, 5) is 39.6. The number of ether oxygens (including phenoxy) is 3. The van der Waals surface area contributed by atoms with Crippen LogP contribution in [0.25, 0.3) is 11.0 Å². The summed E-state index contributed by atoms with van der Waals surface area (Å²) in [6.07, 6.45) is -0.624. The van der Waals surface area contributed by atoms with Gasteiger partial charge in [-0.25, -0.2) is 14.5 Å². The highest BCUT2D eigenvalue weighted by molar-refractivity contribution is 5.97. The van der Waals surface area contributed by atoms with Crippen molar-refractivity contribution in [2.75, 3.05) is 12.0 Å². The average Bonchev–Trinajstić information content (AvgIpc) is 2.96. The number of carbonyl (C=O) groups excluding carboxylic acids is 2. The fourth-order valence-electron chi connectivity index (χ4n) is 4.01. The molecule has 0 aliphatic rings. The molecule has 0 aliphatic carbocycles. The fourth-order valence-corrected chi connectivity index (χ4v) is 4.01. The van der Waals surface area contributed by atoms with E-state index in [2.05, 4.69) is 0 Å². The Morgan fingerprint density at radius 1 is 0.769 bits per heavy atom. The third kappa shape index (κ3) is 5.35. The molecule has 8 nitrogen and oxygen atoms in total. The summed E-state index contributed by atoms with van der Waals surface area (Å²) in [7, 11) is 1.30. The van der Waals surface area contributed by atoms with E-state index in [1.807, 2.05) is 60.7 Å². The fraction of sp³-hybridized carbons (Fsp3) is 0.0645. The smallest absolute Gasteiger partial charge is 0.424 e. The van der Waals surface area contributed by atoms with Crippen LogP contribution in [-0.2, 0) is 4.74 Å². The van der Waals surface area contributed by atoms with Crippen LogP contribution in [0.4, 0.5) is 16.2 Å². The average molecular weight is 522 g/mol. The highest BCUT2D eigenvalue weighted by Gasteiger charge is 2.21. The van der Waals surface area contributed by atoms with Crippen molar-refractivity contribution in [1.82, 2.24) is 0 Å². The normalized spacial score (nSPS) is 10.6. The molecule has 39 heavy (non-hydrogen) atoms. The van der Waals surface area contributed by atoms with E-state index in [0.29, 0.717) is 22.7 Å². The Hall–Kier alpha value is -5.37.